The van der Waals surface area contributed by atoms with Crippen molar-refractivity contribution < 1.29 is 24.2 Å². The number of aliphatic hydroxyl groups is 1. The molecule has 20 heavy (non-hydrogen) atoms. The van der Waals surface area contributed by atoms with E-state index >= 15 is 0 Å². The first-order valence-electron chi connectivity index (χ1n) is 6.62. The van der Waals surface area contributed by atoms with E-state index in [9.17, 15) is 14.7 Å². The van der Waals surface area contributed by atoms with Crippen LogP contribution >= 0.6 is 0 Å². The van der Waals surface area contributed by atoms with Gasteiger partial charge < -0.3 is 19.5 Å². The normalized spacial score (nSPS) is 20.4. The van der Waals surface area contributed by atoms with Gasteiger partial charge in [-0.1, -0.05) is 6.58 Å². The lowest BCUT2D eigenvalue weighted by Gasteiger charge is -2.31. The first-order valence-corrected chi connectivity index (χ1v) is 6.62. The summed E-state index contributed by atoms with van der Waals surface area (Å²) in [6.45, 7) is 9.36. The van der Waals surface area contributed by atoms with Crippen LogP contribution in [0.2, 0.25) is 0 Å². The van der Waals surface area contributed by atoms with Gasteiger partial charge in [0.1, 0.15) is 11.7 Å². The van der Waals surface area contributed by atoms with Gasteiger partial charge in [-0.15, -0.1) is 0 Å². The number of ether oxygens (including phenoxy) is 2. The largest absolute Gasteiger partial charge is 0.466 e. The van der Waals surface area contributed by atoms with Crippen molar-refractivity contribution in [1.29, 1.82) is 0 Å². The number of nitrogens with zero attached hydrogens (tertiary/aromatic N) is 1. The summed E-state index contributed by atoms with van der Waals surface area (Å²) >= 11 is 0. The maximum atomic E-state index is 12.1. The second-order valence-electron chi connectivity index (χ2n) is 5.84. The van der Waals surface area contributed by atoms with Crippen molar-refractivity contribution in [2.24, 2.45) is 0 Å². The summed E-state index contributed by atoms with van der Waals surface area (Å²) in [6, 6.07) is -0.503. The predicted molar refractivity (Wildman–Crippen MR) is 73.1 cm³/mol. The molecule has 0 aromatic heterocycles. The smallest absolute Gasteiger partial charge is 0.410 e. The highest BCUT2D eigenvalue weighted by Gasteiger charge is 2.38. The maximum absolute atomic E-state index is 12.1. The molecule has 1 fully saturated rings. The van der Waals surface area contributed by atoms with Crippen LogP contribution in [-0.2, 0) is 14.3 Å². The van der Waals surface area contributed by atoms with Gasteiger partial charge in [0.05, 0.1) is 18.7 Å². The summed E-state index contributed by atoms with van der Waals surface area (Å²) in [5, 5.41) is 10.2. The molecule has 1 heterocycles. The SMILES string of the molecule is C=C(C(=O)OC)[C@@H](O)[C@@H]1CCCN1C(=O)OC(C)(C)C. The molecule has 1 amide bonds. The fourth-order valence-electron chi connectivity index (χ4n) is 2.15. The van der Waals surface area contributed by atoms with Crippen molar-refractivity contribution in [3.05, 3.63) is 12.2 Å². The number of likely N-dealkylation sites (tertiary alicyclic amines) is 1. The number of amides is 1. The molecule has 0 radical (unpaired) electrons. The molecule has 0 saturated carbocycles. The van der Waals surface area contributed by atoms with E-state index in [-0.39, 0.29) is 5.57 Å². The molecule has 0 unspecified atom stereocenters. The van der Waals surface area contributed by atoms with Gasteiger partial charge in [-0.2, -0.15) is 0 Å². The summed E-state index contributed by atoms with van der Waals surface area (Å²) in [7, 11) is 1.22. The van der Waals surface area contributed by atoms with Crippen LogP contribution in [0.1, 0.15) is 33.6 Å². The van der Waals surface area contributed by atoms with E-state index in [2.05, 4.69) is 11.3 Å². The highest BCUT2D eigenvalue weighted by atomic mass is 16.6. The maximum Gasteiger partial charge on any atom is 0.410 e. The number of esters is 1. The number of hydrogen-bond acceptors (Lipinski definition) is 5. The van der Waals surface area contributed by atoms with Crippen LogP contribution in [0.15, 0.2) is 12.2 Å². The molecule has 1 N–H and O–H groups in total. The molecule has 6 nitrogen and oxygen atoms in total. The van der Waals surface area contributed by atoms with E-state index < -0.39 is 29.8 Å². The van der Waals surface area contributed by atoms with Crippen LogP contribution in [0, 0.1) is 0 Å². The fraction of sp³-hybridized carbons (Fsp3) is 0.714. The molecule has 6 heteroatoms. The third-order valence-electron chi connectivity index (χ3n) is 3.10. The van der Waals surface area contributed by atoms with Gasteiger partial charge in [0.2, 0.25) is 0 Å². The summed E-state index contributed by atoms with van der Waals surface area (Å²) in [6.07, 6.45) is -0.291. The van der Waals surface area contributed by atoms with Gasteiger partial charge in [0, 0.05) is 6.54 Å². The number of aliphatic hydroxyl groups excluding tert-OH is 1. The van der Waals surface area contributed by atoms with Gasteiger partial charge in [0.15, 0.2) is 0 Å². The molecule has 0 spiro atoms. The van der Waals surface area contributed by atoms with Crippen LogP contribution in [0.4, 0.5) is 4.79 Å². The number of rotatable bonds is 3. The Morgan fingerprint density at radius 3 is 2.50 bits per heavy atom. The van der Waals surface area contributed by atoms with E-state index in [0.717, 1.165) is 6.42 Å². The minimum atomic E-state index is -1.14. The number of hydrogen-bond donors (Lipinski definition) is 1. The van der Waals surface area contributed by atoms with Gasteiger partial charge >= 0.3 is 12.1 Å². The monoisotopic (exact) mass is 285 g/mol. The second kappa shape index (κ2) is 6.26. The molecule has 1 saturated heterocycles. The zero-order valence-corrected chi connectivity index (χ0v) is 12.5. The van der Waals surface area contributed by atoms with Crippen LogP contribution in [0.3, 0.4) is 0 Å². The van der Waals surface area contributed by atoms with Crippen molar-refractivity contribution >= 4 is 12.1 Å². The van der Waals surface area contributed by atoms with Crippen LogP contribution in [-0.4, -0.2) is 53.5 Å². The van der Waals surface area contributed by atoms with Crippen LogP contribution in [0.25, 0.3) is 0 Å². The minimum Gasteiger partial charge on any atom is -0.466 e. The molecule has 1 rings (SSSR count). The van der Waals surface area contributed by atoms with Crippen LogP contribution in [0.5, 0.6) is 0 Å². The lowest BCUT2D eigenvalue weighted by molar-refractivity contribution is -0.137. The molecule has 1 aliphatic rings. The molecule has 0 aromatic carbocycles. The van der Waals surface area contributed by atoms with Crippen molar-refractivity contribution in [3.63, 3.8) is 0 Å². The zero-order chi connectivity index (χ0) is 15.5. The molecule has 0 aromatic rings. The Bertz CT molecular complexity index is 399. The third-order valence-corrected chi connectivity index (χ3v) is 3.10. The molecular formula is C14H23NO5. The number of methoxy groups -OCH3 is 1. The molecular weight excluding hydrogens is 262 g/mol. The van der Waals surface area contributed by atoms with Crippen molar-refractivity contribution in [3.8, 4) is 0 Å². The average molecular weight is 285 g/mol. The first-order chi connectivity index (χ1) is 9.17. The zero-order valence-electron chi connectivity index (χ0n) is 12.5. The highest BCUT2D eigenvalue weighted by Crippen LogP contribution is 2.25. The first kappa shape index (κ1) is 16.5. The quantitative estimate of drug-likeness (QED) is 0.628. The van der Waals surface area contributed by atoms with Gasteiger partial charge in [-0.3, -0.25) is 0 Å². The average Bonchev–Trinajstić information content (AvgIpc) is 2.83. The summed E-state index contributed by atoms with van der Waals surface area (Å²) in [5.41, 5.74) is -0.651. The Labute approximate surface area is 119 Å². The third kappa shape index (κ3) is 3.96. The molecule has 0 aliphatic carbocycles. The van der Waals surface area contributed by atoms with E-state index in [1.54, 1.807) is 20.8 Å². The van der Waals surface area contributed by atoms with E-state index in [4.69, 9.17) is 4.74 Å². The second-order valence-corrected chi connectivity index (χ2v) is 5.84. The standard InChI is InChI=1S/C14H23NO5/c1-9(12(17)19-5)11(16)10-7-6-8-15(10)13(18)20-14(2,3)4/h10-11,16H,1,6-8H2,2-5H3/t10-,11+/m0/s1. The Kier molecular flexibility index (Phi) is 5.16. The molecule has 2 atom stereocenters. The number of carbonyl (C=O) groups excluding carboxylic acids is 2. The molecule has 1 aliphatic heterocycles. The molecule has 0 bridgehead atoms. The van der Waals surface area contributed by atoms with Gasteiger partial charge in [-0.25, -0.2) is 9.59 Å². The molecule has 114 valence electrons. The summed E-state index contributed by atoms with van der Waals surface area (Å²) in [5.74, 6) is -0.673. The topological polar surface area (TPSA) is 76.1 Å². The highest BCUT2D eigenvalue weighted by molar-refractivity contribution is 5.89. The lowest BCUT2D eigenvalue weighted by atomic mass is 10.0. The van der Waals surface area contributed by atoms with E-state index in [1.807, 2.05) is 0 Å². The Morgan fingerprint density at radius 2 is 2.00 bits per heavy atom. The summed E-state index contributed by atoms with van der Waals surface area (Å²) < 4.78 is 9.83. The fourth-order valence-corrected chi connectivity index (χ4v) is 2.15. The van der Waals surface area contributed by atoms with Crippen molar-refractivity contribution in [1.82, 2.24) is 4.90 Å². The van der Waals surface area contributed by atoms with E-state index in [0.29, 0.717) is 13.0 Å². The van der Waals surface area contributed by atoms with Gasteiger partial charge in [-0.05, 0) is 33.6 Å². The Morgan fingerprint density at radius 1 is 1.40 bits per heavy atom. The van der Waals surface area contributed by atoms with Crippen molar-refractivity contribution in [2.75, 3.05) is 13.7 Å². The Balaban J connectivity index is 2.77. The summed E-state index contributed by atoms with van der Waals surface area (Å²) in [4.78, 5) is 24.9. The number of carbonyl (C=O) groups is 2. The van der Waals surface area contributed by atoms with Crippen LogP contribution < -0.4 is 0 Å². The predicted octanol–water partition coefficient (Wildman–Crippen LogP) is 1.48. The minimum absolute atomic E-state index is 0.0482. The lowest BCUT2D eigenvalue weighted by Crippen LogP contribution is -2.46. The Hall–Kier alpha value is -1.56. The van der Waals surface area contributed by atoms with Crippen molar-refractivity contribution in [2.45, 2.75) is 51.4 Å². The van der Waals surface area contributed by atoms with Gasteiger partial charge in [0.25, 0.3) is 0 Å². The van der Waals surface area contributed by atoms with E-state index in [1.165, 1.54) is 12.0 Å².